The average molecular weight is 288 g/mol. The molecule has 84 valence electrons. The number of hydrogen-bond donors (Lipinski definition) is 1. The van der Waals surface area contributed by atoms with Gasteiger partial charge in [-0.1, -0.05) is 12.1 Å². The number of halogens is 1. The molecule has 2 N–H and O–H groups in total. The van der Waals surface area contributed by atoms with Gasteiger partial charge in [0.2, 0.25) is 0 Å². The maximum absolute atomic E-state index is 5.74. The topological polar surface area (TPSA) is 43.8 Å². The predicted octanol–water partition coefficient (Wildman–Crippen LogP) is 3.37. The molecule has 0 radical (unpaired) electrons. The monoisotopic (exact) mass is 287 g/mol. The van der Waals surface area contributed by atoms with Gasteiger partial charge in [0.15, 0.2) is 0 Å². The second kappa shape index (κ2) is 3.89. The number of nitrogens with two attached hydrogens (primary N) is 1. The summed E-state index contributed by atoms with van der Waals surface area (Å²) in [6.45, 7) is 0. The number of aromatic nitrogens is 2. The lowest BCUT2D eigenvalue weighted by atomic mass is 10.2. The van der Waals surface area contributed by atoms with Crippen LogP contribution in [0, 0.1) is 0 Å². The molecule has 0 unspecified atom stereocenters. The zero-order valence-corrected chi connectivity index (χ0v) is 10.6. The Hall–Kier alpha value is -1.81. The zero-order valence-electron chi connectivity index (χ0n) is 8.97. The van der Waals surface area contributed by atoms with Crippen molar-refractivity contribution in [3.05, 3.63) is 53.3 Å². The van der Waals surface area contributed by atoms with Crippen LogP contribution in [0.3, 0.4) is 0 Å². The summed E-state index contributed by atoms with van der Waals surface area (Å²) in [6.07, 6.45) is 1.81. The van der Waals surface area contributed by atoms with Crippen molar-refractivity contribution in [2.24, 2.45) is 0 Å². The molecule has 3 aromatic rings. The fourth-order valence-electron chi connectivity index (χ4n) is 1.87. The molecule has 17 heavy (non-hydrogen) atoms. The van der Waals surface area contributed by atoms with Crippen molar-refractivity contribution in [1.82, 2.24) is 9.55 Å². The van der Waals surface area contributed by atoms with E-state index in [1.54, 1.807) is 0 Å². The molecule has 0 bridgehead atoms. The smallest absolute Gasteiger partial charge is 0.100 e. The molecule has 0 amide bonds. The zero-order chi connectivity index (χ0) is 11.8. The fourth-order valence-corrected chi connectivity index (χ4v) is 2.34. The molecule has 0 fully saturated rings. The van der Waals surface area contributed by atoms with Gasteiger partial charge in [0.25, 0.3) is 0 Å². The minimum atomic E-state index is 0.731. The Morgan fingerprint density at radius 2 is 1.94 bits per heavy atom. The van der Waals surface area contributed by atoms with Crippen molar-refractivity contribution in [2.75, 3.05) is 5.73 Å². The van der Waals surface area contributed by atoms with E-state index in [0.717, 1.165) is 26.9 Å². The first kappa shape index (κ1) is 10.4. The maximum atomic E-state index is 5.74. The van der Waals surface area contributed by atoms with Crippen LogP contribution < -0.4 is 5.73 Å². The van der Waals surface area contributed by atoms with Crippen molar-refractivity contribution < 1.29 is 0 Å². The summed E-state index contributed by atoms with van der Waals surface area (Å²) < 4.78 is 3.08. The second-order valence-electron chi connectivity index (χ2n) is 3.81. The van der Waals surface area contributed by atoms with Gasteiger partial charge in [0.05, 0.1) is 16.7 Å². The Bertz CT molecular complexity index is 688. The number of hydrogen-bond acceptors (Lipinski definition) is 2. The lowest BCUT2D eigenvalue weighted by Crippen LogP contribution is -1.93. The highest BCUT2D eigenvalue weighted by atomic mass is 79.9. The fraction of sp³-hybridized carbons (Fsp3) is 0. The third-order valence-electron chi connectivity index (χ3n) is 2.68. The van der Waals surface area contributed by atoms with E-state index in [1.165, 1.54) is 0 Å². The summed E-state index contributed by atoms with van der Waals surface area (Å²) in [7, 11) is 0. The van der Waals surface area contributed by atoms with E-state index >= 15 is 0 Å². The second-order valence-corrected chi connectivity index (χ2v) is 4.67. The number of rotatable bonds is 1. The summed E-state index contributed by atoms with van der Waals surface area (Å²) in [5.74, 6) is 0. The molecule has 2 aromatic carbocycles. The highest BCUT2D eigenvalue weighted by molar-refractivity contribution is 9.10. The molecule has 1 aromatic heterocycles. The van der Waals surface area contributed by atoms with Crippen LogP contribution in [0.2, 0.25) is 0 Å². The average Bonchev–Trinajstić information content (AvgIpc) is 2.72. The SMILES string of the molecule is Nc1ccc2c(c1)ncn2-c1ccccc1Br. The van der Waals surface area contributed by atoms with E-state index in [1.807, 2.05) is 53.4 Å². The first-order chi connectivity index (χ1) is 8.25. The van der Waals surface area contributed by atoms with E-state index in [-0.39, 0.29) is 0 Å². The number of nitrogens with zero attached hydrogens (tertiary/aromatic N) is 2. The molecule has 0 aliphatic carbocycles. The first-order valence-corrected chi connectivity index (χ1v) is 6.02. The normalized spacial score (nSPS) is 10.9. The van der Waals surface area contributed by atoms with E-state index in [0.29, 0.717) is 0 Å². The summed E-state index contributed by atoms with van der Waals surface area (Å²) >= 11 is 3.54. The van der Waals surface area contributed by atoms with Crippen molar-refractivity contribution in [3.63, 3.8) is 0 Å². The van der Waals surface area contributed by atoms with Crippen molar-refractivity contribution in [1.29, 1.82) is 0 Å². The van der Waals surface area contributed by atoms with Crippen molar-refractivity contribution in [3.8, 4) is 5.69 Å². The predicted molar refractivity (Wildman–Crippen MR) is 73.2 cm³/mol. The summed E-state index contributed by atoms with van der Waals surface area (Å²) in [5, 5.41) is 0. The molecule has 1 heterocycles. The van der Waals surface area contributed by atoms with Gasteiger partial charge in [-0.05, 0) is 46.3 Å². The molecule has 0 saturated heterocycles. The van der Waals surface area contributed by atoms with Crippen LogP contribution in [0.5, 0.6) is 0 Å². The Morgan fingerprint density at radius 1 is 1.12 bits per heavy atom. The molecule has 3 rings (SSSR count). The number of fused-ring (bicyclic) bond motifs is 1. The minimum Gasteiger partial charge on any atom is -0.399 e. The Balaban J connectivity index is 2.29. The molecule has 0 saturated carbocycles. The largest absolute Gasteiger partial charge is 0.399 e. The molecule has 4 heteroatoms. The maximum Gasteiger partial charge on any atom is 0.100 e. The van der Waals surface area contributed by atoms with Crippen LogP contribution in [0.4, 0.5) is 5.69 Å². The summed E-state index contributed by atoms with van der Waals surface area (Å²) in [5.41, 5.74) is 9.49. The third kappa shape index (κ3) is 1.70. The van der Waals surface area contributed by atoms with Gasteiger partial charge in [-0.3, -0.25) is 4.57 Å². The van der Waals surface area contributed by atoms with Crippen LogP contribution >= 0.6 is 15.9 Å². The molecule has 0 spiro atoms. The van der Waals surface area contributed by atoms with Gasteiger partial charge < -0.3 is 5.73 Å². The number of nitrogen functional groups attached to an aromatic ring is 1. The van der Waals surface area contributed by atoms with Crippen molar-refractivity contribution in [2.45, 2.75) is 0 Å². The minimum absolute atomic E-state index is 0.731. The summed E-state index contributed by atoms with van der Waals surface area (Å²) in [4.78, 5) is 4.36. The van der Waals surface area contributed by atoms with Gasteiger partial charge in [0, 0.05) is 10.2 Å². The van der Waals surface area contributed by atoms with Crippen LogP contribution in [-0.2, 0) is 0 Å². The van der Waals surface area contributed by atoms with Crippen LogP contribution in [0.15, 0.2) is 53.3 Å². The summed E-state index contributed by atoms with van der Waals surface area (Å²) in [6, 6.07) is 13.8. The number of anilines is 1. The highest BCUT2D eigenvalue weighted by Crippen LogP contribution is 2.25. The number of imidazole rings is 1. The van der Waals surface area contributed by atoms with Gasteiger partial charge in [-0.15, -0.1) is 0 Å². The number of benzene rings is 2. The lowest BCUT2D eigenvalue weighted by Gasteiger charge is -2.06. The van der Waals surface area contributed by atoms with Crippen LogP contribution in [0.25, 0.3) is 16.7 Å². The van der Waals surface area contributed by atoms with E-state index < -0.39 is 0 Å². The molecule has 0 atom stereocenters. The first-order valence-electron chi connectivity index (χ1n) is 5.23. The standard InChI is InChI=1S/C13H10BrN3/c14-10-3-1-2-4-12(10)17-8-16-11-7-9(15)5-6-13(11)17/h1-8H,15H2. The molecular weight excluding hydrogens is 278 g/mol. The third-order valence-corrected chi connectivity index (χ3v) is 3.35. The van der Waals surface area contributed by atoms with E-state index in [4.69, 9.17) is 5.73 Å². The lowest BCUT2D eigenvalue weighted by molar-refractivity contribution is 1.08. The van der Waals surface area contributed by atoms with Crippen LogP contribution in [-0.4, -0.2) is 9.55 Å². The van der Waals surface area contributed by atoms with Crippen LogP contribution in [0.1, 0.15) is 0 Å². The van der Waals surface area contributed by atoms with E-state index in [2.05, 4.69) is 20.9 Å². The highest BCUT2D eigenvalue weighted by Gasteiger charge is 2.06. The van der Waals surface area contributed by atoms with Crippen molar-refractivity contribution >= 4 is 32.7 Å². The molecule has 0 aliphatic rings. The number of para-hydroxylation sites is 1. The molecular formula is C13H10BrN3. The van der Waals surface area contributed by atoms with E-state index in [9.17, 15) is 0 Å². The van der Waals surface area contributed by atoms with Gasteiger partial charge in [0.1, 0.15) is 6.33 Å². The van der Waals surface area contributed by atoms with Gasteiger partial charge in [-0.25, -0.2) is 4.98 Å². The Kier molecular flexibility index (Phi) is 2.37. The molecule has 3 nitrogen and oxygen atoms in total. The molecule has 0 aliphatic heterocycles. The Labute approximate surface area is 107 Å². The van der Waals surface area contributed by atoms with Gasteiger partial charge >= 0.3 is 0 Å². The van der Waals surface area contributed by atoms with Gasteiger partial charge in [-0.2, -0.15) is 0 Å². The Morgan fingerprint density at radius 3 is 2.76 bits per heavy atom. The quantitative estimate of drug-likeness (QED) is 0.698.